The molecule has 0 aliphatic carbocycles. The van der Waals surface area contributed by atoms with Crippen LogP contribution >= 0.6 is 15.9 Å². The Kier molecular flexibility index (Phi) is 3.63. The number of hydrogen-bond acceptors (Lipinski definition) is 1. The minimum absolute atomic E-state index is 0.192. The monoisotopic (exact) mass is 243 g/mol. The number of nitrogens with two attached hydrogens (primary N) is 1. The van der Waals surface area contributed by atoms with Crippen LogP contribution in [-0.4, -0.2) is 0 Å². The summed E-state index contributed by atoms with van der Waals surface area (Å²) in [7, 11) is 0. The molecule has 0 spiro atoms. The molecule has 0 aliphatic heterocycles. The predicted molar refractivity (Wildman–Crippen MR) is 55.8 cm³/mol. The van der Waals surface area contributed by atoms with Crippen LogP contribution in [0.15, 0.2) is 35.3 Å². The van der Waals surface area contributed by atoms with Gasteiger partial charge in [-0.1, -0.05) is 18.2 Å². The van der Waals surface area contributed by atoms with E-state index < -0.39 is 0 Å². The Morgan fingerprint density at radius 3 is 2.92 bits per heavy atom. The van der Waals surface area contributed by atoms with Crippen LogP contribution in [0.4, 0.5) is 4.39 Å². The van der Waals surface area contributed by atoms with E-state index in [0.717, 1.165) is 5.56 Å². The van der Waals surface area contributed by atoms with Crippen molar-refractivity contribution in [1.29, 1.82) is 0 Å². The highest BCUT2D eigenvalue weighted by Gasteiger charge is 2.10. The topological polar surface area (TPSA) is 26.0 Å². The molecule has 1 nitrogen and oxygen atoms in total. The van der Waals surface area contributed by atoms with Crippen LogP contribution in [0.3, 0.4) is 0 Å². The highest BCUT2D eigenvalue weighted by Crippen LogP contribution is 2.26. The van der Waals surface area contributed by atoms with Gasteiger partial charge in [0.15, 0.2) is 0 Å². The van der Waals surface area contributed by atoms with Crippen molar-refractivity contribution in [1.82, 2.24) is 0 Å². The Morgan fingerprint density at radius 2 is 2.31 bits per heavy atom. The molecule has 1 aromatic carbocycles. The lowest BCUT2D eigenvalue weighted by molar-refractivity contribution is 0.611. The minimum Gasteiger partial charge on any atom is -0.324 e. The molecule has 0 unspecified atom stereocenters. The average molecular weight is 244 g/mol. The SMILES string of the molecule is C=CC[C@H](N)c1cccc(F)c1Br. The van der Waals surface area contributed by atoms with Crippen molar-refractivity contribution in [3.63, 3.8) is 0 Å². The third-order valence-electron chi connectivity index (χ3n) is 1.80. The maximum atomic E-state index is 13.1. The molecule has 3 heteroatoms. The van der Waals surface area contributed by atoms with Crippen molar-refractivity contribution in [2.45, 2.75) is 12.5 Å². The zero-order valence-corrected chi connectivity index (χ0v) is 8.72. The molecule has 0 amide bonds. The largest absolute Gasteiger partial charge is 0.324 e. The van der Waals surface area contributed by atoms with Crippen molar-refractivity contribution < 1.29 is 4.39 Å². The maximum Gasteiger partial charge on any atom is 0.137 e. The Hall–Kier alpha value is -0.670. The number of rotatable bonds is 3. The summed E-state index contributed by atoms with van der Waals surface area (Å²) in [6, 6.07) is 4.66. The first-order chi connectivity index (χ1) is 6.16. The molecule has 70 valence electrons. The highest BCUT2D eigenvalue weighted by atomic mass is 79.9. The molecule has 0 saturated carbocycles. The number of halogens is 2. The van der Waals surface area contributed by atoms with E-state index in [4.69, 9.17) is 5.73 Å². The summed E-state index contributed by atoms with van der Waals surface area (Å²) in [5, 5.41) is 0. The lowest BCUT2D eigenvalue weighted by Gasteiger charge is -2.11. The fourth-order valence-electron chi connectivity index (χ4n) is 1.11. The average Bonchev–Trinajstić information content (AvgIpc) is 2.10. The smallest absolute Gasteiger partial charge is 0.137 e. The van der Waals surface area contributed by atoms with E-state index in [1.807, 2.05) is 0 Å². The molecule has 1 aromatic rings. The fraction of sp³-hybridized carbons (Fsp3) is 0.200. The Balaban J connectivity index is 3.00. The molecule has 0 fully saturated rings. The zero-order valence-electron chi connectivity index (χ0n) is 7.13. The van der Waals surface area contributed by atoms with Crippen LogP contribution in [0.25, 0.3) is 0 Å². The third-order valence-corrected chi connectivity index (χ3v) is 2.64. The lowest BCUT2D eigenvalue weighted by atomic mass is 10.0. The van der Waals surface area contributed by atoms with E-state index in [0.29, 0.717) is 10.9 Å². The molecule has 0 heterocycles. The van der Waals surface area contributed by atoms with Gasteiger partial charge in [-0.15, -0.1) is 6.58 Å². The molecule has 13 heavy (non-hydrogen) atoms. The summed E-state index contributed by atoms with van der Waals surface area (Å²) in [5.41, 5.74) is 6.58. The van der Waals surface area contributed by atoms with Crippen molar-refractivity contribution in [2.24, 2.45) is 5.73 Å². The lowest BCUT2D eigenvalue weighted by Crippen LogP contribution is -2.10. The molecule has 1 atom stereocenters. The van der Waals surface area contributed by atoms with Crippen molar-refractivity contribution >= 4 is 15.9 Å². The van der Waals surface area contributed by atoms with E-state index in [1.165, 1.54) is 6.07 Å². The second-order valence-corrected chi connectivity index (χ2v) is 3.57. The number of benzene rings is 1. The van der Waals surface area contributed by atoms with Gasteiger partial charge in [0.25, 0.3) is 0 Å². The van der Waals surface area contributed by atoms with Crippen molar-refractivity contribution in [2.75, 3.05) is 0 Å². The first kappa shape index (κ1) is 10.4. The van der Waals surface area contributed by atoms with Crippen LogP contribution in [0.5, 0.6) is 0 Å². The normalized spacial score (nSPS) is 12.5. The highest BCUT2D eigenvalue weighted by molar-refractivity contribution is 9.10. The second-order valence-electron chi connectivity index (χ2n) is 2.77. The van der Waals surface area contributed by atoms with E-state index >= 15 is 0 Å². The van der Waals surface area contributed by atoms with Crippen molar-refractivity contribution in [3.05, 3.63) is 46.7 Å². The van der Waals surface area contributed by atoms with Gasteiger partial charge in [0.1, 0.15) is 5.82 Å². The number of hydrogen-bond donors (Lipinski definition) is 1. The van der Waals surface area contributed by atoms with Gasteiger partial charge in [0, 0.05) is 6.04 Å². The van der Waals surface area contributed by atoms with Gasteiger partial charge in [0.05, 0.1) is 4.47 Å². The first-order valence-electron chi connectivity index (χ1n) is 3.97. The van der Waals surface area contributed by atoms with Gasteiger partial charge in [-0.2, -0.15) is 0 Å². The third kappa shape index (κ3) is 2.39. The van der Waals surface area contributed by atoms with E-state index in [1.54, 1.807) is 18.2 Å². The van der Waals surface area contributed by atoms with Crippen LogP contribution in [0, 0.1) is 5.82 Å². The summed E-state index contributed by atoms with van der Waals surface area (Å²) >= 11 is 3.16. The quantitative estimate of drug-likeness (QED) is 0.812. The summed E-state index contributed by atoms with van der Waals surface area (Å²) < 4.78 is 13.5. The predicted octanol–water partition coefficient (Wildman–Crippen LogP) is 3.16. The molecule has 0 saturated heterocycles. The van der Waals surface area contributed by atoms with Gasteiger partial charge in [0.2, 0.25) is 0 Å². The molecule has 0 aliphatic rings. The molecular formula is C10H11BrFN. The summed E-state index contributed by atoms with van der Waals surface area (Å²) in [5.74, 6) is -0.281. The van der Waals surface area contributed by atoms with Crippen LogP contribution < -0.4 is 5.73 Å². The molecule has 1 rings (SSSR count). The van der Waals surface area contributed by atoms with Gasteiger partial charge >= 0.3 is 0 Å². The van der Waals surface area contributed by atoms with Crippen molar-refractivity contribution in [3.8, 4) is 0 Å². The van der Waals surface area contributed by atoms with Gasteiger partial charge in [-0.25, -0.2) is 4.39 Å². The van der Waals surface area contributed by atoms with Crippen LogP contribution in [-0.2, 0) is 0 Å². The summed E-state index contributed by atoms with van der Waals surface area (Å²) in [4.78, 5) is 0. The van der Waals surface area contributed by atoms with Gasteiger partial charge in [-0.05, 0) is 34.0 Å². The van der Waals surface area contributed by atoms with Gasteiger partial charge in [-0.3, -0.25) is 0 Å². The zero-order chi connectivity index (χ0) is 9.84. The molecule has 2 N–H and O–H groups in total. The van der Waals surface area contributed by atoms with Crippen LogP contribution in [0.1, 0.15) is 18.0 Å². The van der Waals surface area contributed by atoms with Crippen LogP contribution in [0.2, 0.25) is 0 Å². The van der Waals surface area contributed by atoms with E-state index in [9.17, 15) is 4.39 Å². The molecule has 0 bridgehead atoms. The summed E-state index contributed by atoms with van der Waals surface area (Å²) in [6.45, 7) is 3.59. The standard InChI is InChI=1S/C10H11BrFN/c1-2-4-9(13)7-5-3-6-8(12)10(7)11/h2-3,5-6,9H,1,4,13H2/t9-/m0/s1. The second kappa shape index (κ2) is 4.53. The fourth-order valence-corrected chi connectivity index (χ4v) is 1.67. The van der Waals surface area contributed by atoms with E-state index in [-0.39, 0.29) is 11.9 Å². The molecule has 0 aromatic heterocycles. The Labute approximate surface area is 85.6 Å². The summed E-state index contributed by atoms with van der Waals surface area (Å²) in [6.07, 6.45) is 2.37. The minimum atomic E-state index is -0.281. The maximum absolute atomic E-state index is 13.1. The molecule has 0 radical (unpaired) electrons. The molecular weight excluding hydrogens is 233 g/mol. The van der Waals surface area contributed by atoms with E-state index in [2.05, 4.69) is 22.5 Å². The Morgan fingerprint density at radius 1 is 1.62 bits per heavy atom. The Bertz CT molecular complexity index is 312. The van der Waals surface area contributed by atoms with Gasteiger partial charge < -0.3 is 5.73 Å². The first-order valence-corrected chi connectivity index (χ1v) is 4.76.